The number of aliphatic carboxylic acids is 1. The van der Waals surface area contributed by atoms with Crippen LogP contribution >= 0.6 is 11.8 Å². The van der Waals surface area contributed by atoms with Crippen molar-refractivity contribution >= 4 is 17.7 Å². The Morgan fingerprint density at radius 3 is 2.71 bits per heavy atom. The number of carboxylic acid groups (broad SMARTS) is 1. The van der Waals surface area contributed by atoms with Gasteiger partial charge in [-0.2, -0.15) is 0 Å². The molecule has 120 valence electrons. The van der Waals surface area contributed by atoms with Crippen molar-refractivity contribution in [1.29, 1.82) is 0 Å². The molecule has 21 heavy (non-hydrogen) atoms. The molecule has 0 saturated heterocycles. The fourth-order valence-corrected chi connectivity index (χ4v) is 2.67. The van der Waals surface area contributed by atoms with Crippen LogP contribution in [-0.2, 0) is 16.1 Å². The second-order valence-electron chi connectivity index (χ2n) is 5.78. The van der Waals surface area contributed by atoms with Crippen molar-refractivity contribution in [2.24, 2.45) is 5.92 Å². The number of carbonyl (C=O) groups is 1. The van der Waals surface area contributed by atoms with E-state index in [1.54, 1.807) is 0 Å². The second-order valence-corrected chi connectivity index (χ2v) is 6.72. The highest BCUT2D eigenvalue weighted by Crippen LogP contribution is 2.23. The van der Waals surface area contributed by atoms with Crippen LogP contribution in [0.1, 0.15) is 45.7 Å². The van der Waals surface area contributed by atoms with Gasteiger partial charge in [0, 0.05) is 31.6 Å². The maximum atomic E-state index is 10.7. The Morgan fingerprint density at radius 2 is 2.14 bits per heavy atom. The van der Waals surface area contributed by atoms with Gasteiger partial charge in [-0.05, 0) is 18.3 Å². The summed E-state index contributed by atoms with van der Waals surface area (Å²) in [6.45, 7) is 10.8. The molecule has 0 aliphatic heterocycles. The van der Waals surface area contributed by atoms with Crippen LogP contribution in [0.2, 0.25) is 0 Å². The zero-order valence-corrected chi connectivity index (χ0v) is 14.2. The Kier molecular flexibility index (Phi) is 7.82. The largest absolute Gasteiger partial charge is 0.481 e. The lowest BCUT2D eigenvalue weighted by Gasteiger charge is -2.14. The lowest BCUT2D eigenvalue weighted by atomic mass is 10.1. The summed E-state index contributed by atoms with van der Waals surface area (Å²) in [5.74, 6) is 0.138. The van der Waals surface area contributed by atoms with E-state index in [0.29, 0.717) is 11.8 Å². The SMILES string of the molecule is CC(C)COCCCn1c(C(C)C)cnc1SCC(=O)O. The minimum atomic E-state index is -0.819. The first-order valence-corrected chi connectivity index (χ1v) is 8.38. The van der Waals surface area contributed by atoms with Gasteiger partial charge in [-0.15, -0.1) is 0 Å². The first kappa shape index (κ1) is 18.0. The van der Waals surface area contributed by atoms with Gasteiger partial charge in [-0.25, -0.2) is 4.98 Å². The van der Waals surface area contributed by atoms with Gasteiger partial charge in [-0.3, -0.25) is 4.79 Å². The van der Waals surface area contributed by atoms with Gasteiger partial charge in [0.25, 0.3) is 0 Å². The predicted octanol–water partition coefficient (Wildman–Crippen LogP) is 3.25. The molecule has 1 aromatic heterocycles. The lowest BCUT2D eigenvalue weighted by Crippen LogP contribution is -2.10. The molecule has 1 rings (SSSR count). The summed E-state index contributed by atoms with van der Waals surface area (Å²) < 4.78 is 7.72. The summed E-state index contributed by atoms with van der Waals surface area (Å²) in [4.78, 5) is 15.1. The van der Waals surface area contributed by atoms with Crippen molar-refractivity contribution in [3.63, 3.8) is 0 Å². The number of nitrogens with zero attached hydrogens (tertiary/aromatic N) is 2. The lowest BCUT2D eigenvalue weighted by molar-refractivity contribution is -0.133. The van der Waals surface area contributed by atoms with Crippen LogP contribution in [0, 0.1) is 5.92 Å². The van der Waals surface area contributed by atoms with E-state index >= 15 is 0 Å². The van der Waals surface area contributed by atoms with Crippen LogP contribution in [0.3, 0.4) is 0 Å². The van der Waals surface area contributed by atoms with Crippen molar-refractivity contribution in [2.45, 2.75) is 51.7 Å². The summed E-state index contributed by atoms with van der Waals surface area (Å²) in [7, 11) is 0. The quantitative estimate of drug-likeness (QED) is 0.530. The molecule has 0 aliphatic carbocycles. The number of imidazole rings is 1. The molecule has 0 aliphatic rings. The minimum Gasteiger partial charge on any atom is -0.481 e. The second kappa shape index (κ2) is 9.10. The maximum Gasteiger partial charge on any atom is 0.313 e. The van der Waals surface area contributed by atoms with E-state index in [1.165, 1.54) is 11.8 Å². The molecule has 0 aromatic carbocycles. The third kappa shape index (κ3) is 6.52. The van der Waals surface area contributed by atoms with Crippen LogP contribution in [0.5, 0.6) is 0 Å². The molecule has 0 atom stereocenters. The third-order valence-electron chi connectivity index (χ3n) is 2.89. The van der Waals surface area contributed by atoms with Gasteiger partial charge in [0.05, 0.1) is 5.75 Å². The van der Waals surface area contributed by atoms with Gasteiger partial charge < -0.3 is 14.4 Å². The van der Waals surface area contributed by atoms with Crippen molar-refractivity contribution in [1.82, 2.24) is 9.55 Å². The fraction of sp³-hybridized carbons (Fsp3) is 0.733. The van der Waals surface area contributed by atoms with Crippen molar-refractivity contribution in [3.05, 3.63) is 11.9 Å². The van der Waals surface area contributed by atoms with E-state index < -0.39 is 5.97 Å². The van der Waals surface area contributed by atoms with E-state index in [-0.39, 0.29) is 5.75 Å². The van der Waals surface area contributed by atoms with E-state index in [0.717, 1.165) is 37.0 Å². The Hall–Kier alpha value is -1.01. The topological polar surface area (TPSA) is 64.4 Å². The Labute approximate surface area is 131 Å². The summed E-state index contributed by atoms with van der Waals surface area (Å²) >= 11 is 1.27. The number of carboxylic acids is 1. The molecule has 1 heterocycles. The fourth-order valence-electron chi connectivity index (χ4n) is 1.94. The third-order valence-corrected chi connectivity index (χ3v) is 3.86. The van der Waals surface area contributed by atoms with Crippen LogP contribution in [0.15, 0.2) is 11.4 Å². The molecular formula is C15H26N2O3S. The molecule has 0 radical (unpaired) electrons. The Balaban J connectivity index is 2.59. The number of ether oxygens (including phenoxy) is 1. The Bertz CT molecular complexity index is 444. The molecule has 0 saturated carbocycles. The van der Waals surface area contributed by atoms with E-state index in [9.17, 15) is 4.79 Å². The number of aromatic nitrogens is 2. The number of hydrogen-bond acceptors (Lipinski definition) is 4. The van der Waals surface area contributed by atoms with E-state index in [4.69, 9.17) is 9.84 Å². The molecule has 5 nitrogen and oxygen atoms in total. The van der Waals surface area contributed by atoms with Crippen molar-refractivity contribution in [2.75, 3.05) is 19.0 Å². The molecule has 0 amide bonds. The highest BCUT2D eigenvalue weighted by molar-refractivity contribution is 7.99. The maximum absolute atomic E-state index is 10.7. The average molecular weight is 314 g/mol. The zero-order chi connectivity index (χ0) is 15.8. The van der Waals surface area contributed by atoms with Crippen LogP contribution in [-0.4, -0.2) is 39.6 Å². The Morgan fingerprint density at radius 1 is 1.43 bits per heavy atom. The highest BCUT2D eigenvalue weighted by Gasteiger charge is 2.14. The van der Waals surface area contributed by atoms with Crippen molar-refractivity contribution < 1.29 is 14.6 Å². The monoisotopic (exact) mass is 314 g/mol. The number of rotatable bonds is 10. The number of hydrogen-bond donors (Lipinski definition) is 1. The first-order valence-electron chi connectivity index (χ1n) is 7.39. The summed E-state index contributed by atoms with van der Waals surface area (Å²) in [6.07, 6.45) is 2.76. The molecule has 0 fully saturated rings. The van der Waals surface area contributed by atoms with Gasteiger partial charge in [0.15, 0.2) is 5.16 Å². The minimum absolute atomic E-state index is 0.0401. The van der Waals surface area contributed by atoms with Crippen LogP contribution in [0.4, 0.5) is 0 Å². The summed E-state index contributed by atoms with van der Waals surface area (Å²) in [5, 5.41) is 9.58. The van der Waals surface area contributed by atoms with E-state index in [2.05, 4.69) is 37.2 Å². The molecule has 6 heteroatoms. The highest BCUT2D eigenvalue weighted by atomic mass is 32.2. The zero-order valence-electron chi connectivity index (χ0n) is 13.3. The summed E-state index contributed by atoms with van der Waals surface area (Å²) in [5.41, 5.74) is 1.15. The molecule has 1 aromatic rings. The normalized spacial score (nSPS) is 11.5. The van der Waals surface area contributed by atoms with Crippen LogP contribution < -0.4 is 0 Å². The van der Waals surface area contributed by atoms with Gasteiger partial charge in [0.1, 0.15) is 0 Å². The molecule has 0 bridgehead atoms. The molecular weight excluding hydrogens is 288 g/mol. The standard InChI is InChI=1S/C15H26N2O3S/c1-11(2)9-20-7-5-6-17-13(12(3)4)8-16-15(17)21-10-14(18)19/h8,11-12H,5-7,9-10H2,1-4H3,(H,18,19). The van der Waals surface area contributed by atoms with Gasteiger partial charge in [0.2, 0.25) is 0 Å². The number of thioether (sulfide) groups is 1. The van der Waals surface area contributed by atoms with Crippen molar-refractivity contribution in [3.8, 4) is 0 Å². The van der Waals surface area contributed by atoms with Crippen LogP contribution in [0.25, 0.3) is 0 Å². The van der Waals surface area contributed by atoms with Gasteiger partial charge >= 0.3 is 5.97 Å². The molecule has 0 unspecified atom stereocenters. The van der Waals surface area contributed by atoms with E-state index in [1.807, 2.05) is 6.20 Å². The molecule has 0 spiro atoms. The smallest absolute Gasteiger partial charge is 0.313 e. The summed E-state index contributed by atoms with van der Waals surface area (Å²) in [6, 6.07) is 0. The average Bonchev–Trinajstić information content (AvgIpc) is 2.78. The van der Waals surface area contributed by atoms with Gasteiger partial charge in [-0.1, -0.05) is 39.5 Å². The predicted molar refractivity (Wildman–Crippen MR) is 84.9 cm³/mol. The first-order chi connectivity index (χ1) is 9.91. The molecule has 1 N–H and O–H groups in total.